The highest BCUT2D eigenvalue weighted by atomic mass is 19.3. The Balaban J connectivity index is 1.87. The van der Waals surface area contributed by atoms with Gasteiger partial charge in [0.2, 0.25) is 5.92 Å². The fraction of sp³-hybridized carbons (Fsp3) is 1.00. The van der Waals surface area contributed by atoms with Crippen molar-refractivity contribution in [3.8, 4) is 0 Å². The predicted octanol–water partition coefficient (Wildman–Crippen LogP) is 4.63. The van der Waals surface area contributed by atoms with Crippen molar-refractivity contribution in [2.45, 2.75) is 90.3 Å². The van der Waals surface area contributed by atoms with Gasteiger partial charge in [0, 0.05) is 23.7 Å². The number of hydrogen-bond donors (Lipinski definition) is 2. The lowest BCUT2D eigenvalue weighted by molar-refractivity contribution is -0.231. The van der Waals surface area contributed by atoms with E-state index < -0.39 is 34.9 Å². The Labute approximate surface area is 141 Å². The van der Waals surface area contributed by atoms with Crippen molar-refractivity contribution in [2.75, 3.05) is 0 Å². The van der Waals surface area contributed by atoms with Crippen molar-refractivity contribution in [1.29, 1.82) is 0 Å². The second-order valence-corrected chi connectivity index (χ2v) is 8.90. The van der Waals surface area contributed by atoms with Crippen LogP contribution in [0.3, 0.4) is 0 Å². The Morgan fingerprint density at radius 3 is 2.04 bits per heavy atom. The number of aliphatic hydroxyl groups excluding tert-OH is 2. The predicted molar refractivity (Wildman–Crippen MR) is 84.2 cm³/mol. The van der Waals surface area contributed by atoms with Crippen molar-refractivity contribution < 1.29 is 27.8 Å². The molecule has 0 aromatic carbocycles. The molecule has 0 aromatic rings. The first-order valence-electron chi connectivity index (χ1n) is 8.88. The minimum absolute atomic E-state index is 0.00887. The molecule has 0 saturated heterocycles. The van der Waals surface area contributed by atoms with Gasteiger partial charge in [0.15, 0.2) is 0 Å². The molecular weight excluding hydrogens is 324 g/mol. The molecule has 2 N–H and O–H groups in total. The van der Waals surface area contributed by atoms with Gasteiger partial charge in [-0.25, -0.2) is 17.6 Å². The molecule has 3 unspecified atom stereocenters. The third-order valence-corrected chi connectivity index (χ3v) is 6.37. The summed E-state index contributed by atoms with van der Waals surface area (Å²) < 4.78 is 54.8. The van der Waals surface area contributed by atoms with Crippen LogP contribution in [0.2, 0.25) is 0 Å². The number of rotatable bonds is 7. The third kappa shape index (κ3) is 3.33. The molecule has 142 valence electrons. The average Bonchev–Trinajstić information content (AvgIpc) is 2.40. The first kappa shape index (κ1) is 20.0. The zero-order valence-corrected chi connectivity index (χ0v) is 15.0. The fourth-order valence-electron chi connectivity index (χ4n) is 4.99. The molecule has 2 aliphatic carbocycles. The molecule has 0 aliphatic heterocycles. The van der Waals surface area contributed by atoms with Gasteiger partial charge in [-0.2, -0.15) is 0 Å². The summed E-state index contributed by atoms with van der Waals surface area (Å²) >= 11 is 0. The van der Waals surface area contributed by atoms with Crippen LogP contribution in [0.5, 0.6) is 0 Å². The molecule has 2 nitrogen and oxygen atoms in total. The summed E-state index contributed by atoms with van der Waals surface area (Å²) in [5.74, 6) is -5.98. The van der Waals surface area contributed by atoms with Crippen LogP contribution in [0.4, 0.5) is 17.6 Å². The topological polar surface area (TPSA) is 40.5 Å². The Bertz CT molecular complexity index is 452. The molecule has 6 heteroatoms. The van der Waals surface area contributed by atoms with Crippen molar-refractivity contribution in [1.82, 2.24) is 0 Å². The van der Waals surface area contributed by atoms with E-state index in [4.69, 9.17) is 0 Å². The van der Waals surface area contributed by atoms with Gasteiger partial charge in [0.1, 0.15) is 6.10 Å². The number of hydrogen-bond acceptors (Lipinski definition) is 2. The standard InChI is InChI=1S/C18H30F4O2/c1-5-13(23)18(21,22)16(4)7-12(8-16)6-11(2)14(24)15(3)9-17(19,20)10-15/h11-14,23-24H,5-10H2,1-4H3. The van der Waals surface area contributed by atoms with Crippen LogP contribution in [-0.2, 0) is 0 Å². The Kier molecular flexibility index (Phi) is 5.08. The van der Waals surface area contributed by atoms with E-state index in [0.29, 0.717) is 19.3 Å². The van der Waals surface area contributed by atoms with Crippen LogP contribution < -0.4 is 0 Å². The lowest BCUT2D eigenvalue weighted by Gasteiger charge is -2.53. The lowest BCUT2D eigenvalue weighted by atomic mass is 9.55. The monoisotopic (exact) mass is 354 g/mol. The molecule has 0 heterocycles. The Morgan fingerprint density at radius 2 is 1.62 bits per heavy atom. The van der Waals surface area contributed by atoms with E-state index in [1.54, 1.807) is 13.8 Å². The molecule has 0 amide bonds. The van der Waals surface area contributed by atoms with Crippen LogP contribution in [0, 0.1) is 22.7 Å². The summed E-state index contributed by atoms with van der Waals surface area (Å²) in [4.78, 5) is 0. The van der Waals surface area contributed by atoms with E-state index in [-0.39, 0.29) is 31.1 Å². The molecule has 0 bridgehead atoms. The van der Waals surface area contributed by atoms with Gasteiger partial charge in [0.25, 0.3) is 5.92 Å². The molecule has 2 rings (SSSR count). The Hall–Kier alpha value is -0.360. The summed E-state index contributed by atoms with van der Waals surface area (Å²) in [6, 6.07) is 0. The van der Waals surface area contributed by atoms with Crippen LogP contribution in [-0.4, -0.2) is 34.3 Å². The van der Waals surface area contributed by atoms with Crippen LogP contribution in [0.25, 0.3) is 0 Å². The van der Waals surface area contributed by atoms with E-state index in [9.17, 15) is 27.8 Å². The van der Waals surface area contributed by atoms with Crippen molar-refractivity contribution >= 4 is 0 Å². The van der Waals surface area contributed by atoms with E-state index in [1.807, 2.05) is 0 Å². The fourth-order valence-corrected chi connectivity index (χ4v) is 4.99. The quantitative estimate of drug-likeness (QED) is 0.654. The van der Waals surface area contributed by atoms with Gasteiger partial charge >= 0.3 is 0 Å². The van der Waals surface area contributed by atoms with E-state index >= 15 is 0 Å². The summed E-state index contributed by atoms with van der Waals surface area (Å²) in [6.07, 6.45) is -1.95. The highest BCUT2D eigenvalue weighted by Gasteiger charge is 2.61. The molecule has 0 spiro atoms. The van der Waals surface area contributed by atoms with Gasteiger partial charge < -0.3 is 10.2 Å². The van der Waals surface area contributed by atoms with Gasteiger partial charge in [-0.1, -0.05) is 27.7 Å². The maximum absolute atomic E-state index is 14.3. The van der Waals surface area contributed by atoms with Crippen LogP contribution in [0.1, 0.15) is 66.2 Å². The highest BCUT2D eigenvalue weighted by molar-refractivity contribution is 5.05. The molecule has 2 aliphatic rings. The summed E-state index contributed by atoms with van der Waals surface area (Å²) in [7, 11) is 0. The first-order valence-corrected chi connectivity index (χ1v) is 8.88. The van der Waals surface area contributed by atoms with E-state index in [1.165, 1.54) is 13.8 Å². The van der Waals surface area contributed by atoms with Gasteiger partial charge in [-0.15, -0.1) is 0 Å². The maximum Gasteiger partial charge on any atom is 0.278 e. The van der Waals surface area contributed by atoms with Crippen molar-refractivity contribution in [2.24, 2.45) is 22.7 Å². The van der Waals surface area contributed by atoms with Crippen LogP contribution in [0.15, 0.2) is 0 Å². The second-order valence-electron chi connectivity index (χ2n) is 8.90. The summed E-state index contributed by atoms with van der Waals surface area (Å²) in [5, 5.41) is 20.0. The second kappa shape index (κ2) is 6.11. The normalized spacial score (nSPS) is 35.5. The van der Waals surface area contributed by atoms with Crippen LogP contribution >= 0.6 is 0 Å². The van der Waals surface area contributed by atoms with Crippen molar-refractivity contribution in [3.63, 3.8) is 0 Å². The van der Waals surface area contributed by atoms with Crippen molar-refractivity contribution in [3.05, 3.63) is 0 Å². The van der Waals surface area contributed by atoms with Gasteiger partial charge in [-0.3, -0.25) is 0 Å². The molecule has 24 heavy (non-hydrogen) atoms. The minimum atomic E-state index is -3.12. The third-order valence-electron chi connectivity index (χ3n) is 6.37. The number of halogens is 4. The highest BCUT2D eigenvalue weighted by Crippen LogP contribution is 2.59. The number of aliphatic hydroxyl groups is 2. The molecule has 3 atom stereocenters. The molecule has 0 radical (unpaired) electrons. The average molecular weight is 354 g/mol. The lowest BCUT2D eigenvalue weighted by Crippen LogP contribution is -2.56. The van der Waals surface area contributed by atoms with Gasteiger partial charge in [0.05, 0.1) is 6.10 Å². The largest absolute Gasteiger partial charge is 0.392 e. The number of alkyl halides is 4. The van der Waals surface area contributed by atoms with Gasteiger partial charge in [-0.05, 0) is 37.5 Å². The summed E-state index contributed by atoms with van der Waals surface area (Å²) in [5.41, 5.74) is -2.00. The zero-order chi connectivity index (χ0) is 18.6. The van der Waals surface area contributed by atoms with E-state index in [2.05, 4.69) is 0 Å². The molecule has 0 aromatic heterocycles. The SMILES string of the molecule is CCC(O)C(F)(F)C1(C)CC(CC(C)C(O)C2(C)CC(F)(F)C2)C1. The maximum atomic E-state index is 14.3. The van der Waals surface area contributed by atoms with E-state index in [0.717, 1.165) is 0 Å². The minimum Gasteiger partial charge on any atom is -0.392 e. The molecular formula is C18H30F4O2. The summed E-state index contributed by atoms with van der Waals surface area (Å²) in [6.45, 7) is 6.51. The smallest absolute Gasteiger partial charge is 0.278 e. The Morgan fingerprint density at radius 1 is 1.12 bits per heavy atom. The molecule has 2 saturated carbocycles. The zero-order valence-electron chi connectivity index (χ0n) is 15.0. The first-order chi connectivity index (χ1) is 10.8. The molecule has 2 fully saturated rings.